The van der Waals surface area contributed by atoms with Crippen LogP contribution in [0, 0.1) is 0 Å². The molecule has 1 aromatic rings. The molecule has 0 aliphatic heterocycles. The van der Waals surface area contributed by atoms with E-state index in [1.807, 2.05) is 31.2 Å². The second-order valence-electron chi connectivity index (χ2n) is 4.78. The van der Waals surface area contributed by atoms with Gasteiger partial charge < -0.3 is 4.55 Å². The molecule has 0 fully saturated rings. The van der Waals surface area contributed by atoms with Gasteiger partial charge in [0, 0.05) is 11.2 Å². The van der Waals surface area contributed by atoms with Crippen LogP contribution in [0.3, 0.4) is 0 Å². The van der Waals surface area contributed by atoms with Gasteiger partial charge in [0.25, 0.3) is 0 Å². The molecule has 0 aromatic heterocycles. The summed E-state index contributed by atoms with van der Waals surface area (Å²) in [5.74, 6) is 0. The maximum absolute atomic E-state index is 11.6. The van der Waals surface area contributed by atoms with E-state index in [4.69, 9.17) is 11.5 Å². The van der Waals surface area contributed by atoms with Gasteiger partial charge in [-0.05, 0) is 42.3 Å². The Labute approximate surface area is 139 Å². The minimum Gasteiger partial charge on any atom is -0.609 e. The molecule has 0 radical (unpaired) electrons. The van der Waals surface area contributed by atoms with Crippen LogP contribution in [0.25, 0.3) is 5.57 Å². The highest BCUT2D eigenvalue weighted by Crippen LogP contribution is 2.16. The first kappa shape index (κ1) is 19.1. The minimum absolute atomic E-state index is 0.372. The maximum atomic E-state index is 11.6. The zero-order chi connectivity index (χ0) is 17.4. The Bertz CT molecular complexity index is 644. The van der Waals surface area contributed by atoms with E-state index >= 15 is 0 Å². The maximum Gasteiger partial charge on any atom is 0.359 e. The summed E-state index contributed by atoms with van der Waals surface area (Å²) in [4.78, 5) is 15.6. The summed E-state index contributed by atoms with van der Waals surface area (Å²) in [5.41, 5.74) is 13.8. The van der Waals surface area contributed by atoms with Crippen LogP contribution >= 0.6 is 0 Å². The molecule has 0 bridgehead atoms. The van der Waals surface area contributed by atoms with Crippen molar-refractivity contribution < 1.29 is 9.35 Å². The quantitative estimate of drug-likeness (QED) is 0.360. The number of benzene rings is 1. The zero-order valence-electron chi connectivity index (χ0n) is 13.2. The van der Waals surface area contributed by atoms with Gasteiger partial charge in [0.05, 0.1) is 11.3 Å². The number of aliphatic imine (C=N–C) groups is 1. The molecule has 5 nitrogen and oxygen atoms in total. The number of nitrogens with zero attached hydrogens (tertiary/aromatic N) is 1. The molecular formula is C17H21N3O2S. The summed E-state index contributed by atoms with van der Waals surface area (Å²) in [7, 11) is 0. The molecule has 0 saturated carbocycles. The Kier molecular flexibility index (Phi) is 7.64. The summed E-state index contributed by atoms with van der Waals surface area (Å²) in [6.07, 6.45) is 7.64. The van der Waals surface area contributed by atoms with Crippen molar-refractivity contribution in [1.29, 1.82) is 0 Å². The number of hydrogen-bond acceptors (Lipinski definition) is 5. The molecule has 23 heavy (non-hydrogen) atoms. The van der Waals surface area contributed by atoms with Crippen molar-refractivity contribution in [2.75, 3.05) is 6.26 Å². The number of allylic oxidation sites excluding steroid dienone is 5. The van der Waals surface area contributed by atoms with Crippen LogP contribution in [-0.4, -0.2) is 27.9 Å². The normalized spacial score (nSPS) is 14.3. The van der Waals surface area contributed by atoms with E-state index in [-0.39, 0.29) is 5.12 Å². The number of hydrogen-bond donors (Lipinski definition) is 2. The largest absolute Gasteiger partial charge is 0.609 e. The molecule has 0 heterocycles. The molecule has 1 rings (SSSR count). The third-order valence-electron chi connectivity index (χ3n) is 2.96. The van der Waals surface area contributed by atoms with E-state index in [2.05, 4.69) is 11.6 Å². The number of carbonyl (C=O) groups is 1. The average Bonchev–Trinajstić information content (AvgIpc) is 2.52. The Morgan fingerprint density at radius 2 is 1.87 bits per heavy atom. The molecule has 0 saturated heterocycles. The average molecular weight is 331 g/mol. The monoisotopic (exact) mass is 331 g/mol. The minimum atomic E-state index is -1.50. The van der Waals surface area contributed by atoms with E-state index < -0.39 is 17.5 Å². The summed E-state index contributed by atoms with van der Waals surface area (Å²) in [5, 5.41) is -0.372. The SMILES string of the molecule is C=CC(/C=C\C=C(/C)c1ccc(C(=O)[S+](C)[O-])cc1)=N\C(N)N. The van der Waals surface area contributed by atoms with E-state index in [1.165, 1.54) is 6.26 Å². The molecule has 122 valence electrons. The molecule has 0 aliphatic rings. The highest BCUT2D eigenvalue weighted by molar-refractivity contribution is 8.06. The second-order valence-corrected chi connectivity index (χ2v) is 6.06. The van der Waals surface area contributed by atoms with Gasteiger partial charge in [0.1, 0.15) is 12.5 Å². The fourth-order valence-electron chi connectivity index (χ4n) is 1.76. The van der Waals surface area contributed by atoms with Crippen LogP contribution in [0.4, 0.5) is 0 Å². The predicted molar refractivity (Wildman–Crippen MR) is 97.4 cm³/mol. The van der Waals surface area contributed by atoms with Gasteiger partial charge in [0.2, 0.25) is 0 Å². The van der Waals surface area contributed by atoms with Crippen LogP contribution < -0.4 is 11.5 Å². The number of carbonyl (C=O) groups excluding carboxylic acids is 1. The fraction of sp³-hybridized carbons (Fsp3) is 0.176. The first-order chi connectivity index (χ1) is 10.8. The van der Waals surface area contributed by atoms with Gasteiger partial charge >= 0.3 is 5.12 Å². The molecule has 4 N–H and O–H groups in total. The van der Waals surface area contributed by atoms with Gasteiger partial charge in [-0.2, -0.15) is 0 Å². The van der Waals surface area contributed by atoms with Crippen LogP contribution in [0.5, 0.6) is 0 Å². The van der Waals surface area contributed by atoms with E-state index in [1.54, 1.807) is 24.3 Å². The lowest BCUT2D eigenvalue weighted by atomic mass is 10.1. The van der Waals surface area contributed by atoms with Crippen molar-refractivity contribution in [2.45, 2.75) is 13.2 Å². The second kappa shape index (κ2) is 9.22. The van der Waals surface area contributed by atoms with Gasteiger partial charge in [-0.15, -0.1) is 0 Å². The highest BCUT2D eigenvalue weighted by atomic mass is 32.2. The lowest BCUT2D eigenvalue weighted by Crippen LogP contribution is -2.28. The molecule has 0 spiro atoms. The topological polar surface area (TPSA) is 105 Å². The summed E-state index contributed by atoms with van der Waals surface area (Å²) in [6, 6.07) is 6.98. The molecule has 0 aliphatic carbocycles. The van der Waals surface area contributed by atoms with Crippen molar-refractivity contribution in [3.05, 3.63) is 66.3 Å². The van der Waals surface area contributed by atoms with Crippen LogP contribution in [0.15, 0.2) is 60.1 Å². The molecule has 6 heteroatoms. The summed E-state index contributed by atoms with van der Waals surface area (Å²) in [6.45, 7) is 5.58. The van der Waals surface area contributed by atoms with E-state index in [9.17, 15) is 9.35 Å². The lowest BCUT2D eigenvalue weighted by Gasteiger charge is -2.04. The van der Waals surface area contributed by atoms with Crippen molar-refractivity contribution in [3.63, 3.8) is 0 Å². The molecule has 1 unspecified atom stereocenters. The smallest absolute Gasteiger partial charge is 0.359 e. The third-order valence-corrected chi connectivity index (χ3v) is 3.72. The molecule has 0 amide bonds. The van der Waals surface area contributed by atoms with Gasteiger partial charge in [-0.1, -0.05) is 30.9 Å². The standard InChI is InChI=1S/C17H21N3O2S/c1-4-15(20-17(18)19)7-5-6-12(2)13-8-10-14(11-9-13)16(21)23(3)22/h4-11,17H,1,18-19H2,2-3H3/b7-5-,12-6+,20-15+. The first-order valence-electron chi connectivity index (χ1n) is 6.89. The highest BCUT2D eigenvalue weighted by Gasteiger charge is 2.15. The third kappa shape index (κ3) is 6.33. The Balaban J connectivity index is 2.86. The van der Waals surface area contributed by atoms with Crippen molar-refractivity contribution >= 4 is 27.6 Å². The fourth-order valence-corrected chi connectivity index (χ4v) is 2.23. The molecule has 1 atom stereocenters. The molecular weight excluding hydrogens is 310 g/mol. The van der Waals surface area contributed by atoms with Crippen LogP contribution in [0.2, 0.25) is 0 Å². The van der Waals surface area contributed by atoms with Crippen molar-refractivity contribution in [3.8, 4) is 0 Å². The van der Waals surface area contributed by atoms with E-state index in [0.29, 0.717) is 11.3 Å². The lowest BCUT2D eigenvalue weighted by molar-refractivity contribution is 0.107. The summed E-state index contributed by atoms with van der Waals surface area (Å²) >= 11 is -1.50. The van der Waals surface area contributed by atoms with Crippen molar-refractivity contribution in [2.24, 2.45) is 16.5 Å². The van der Waals surface area contributed by atoms with Crippen LogP contribution in [-0.2, 0) is 11.2 Å². The Morgan fingerprint density at radius 3 is 2.35 bits per heavy atom. The first-order valence-corrected chi connectivity index (χ1v) is 8.45. The predicted octanol–water partition coefficient (Wildman–Crippen LogP) is 1.99. The van der Waals surface area contributed by atoms with Gasteiger partial charge in [-0.3, -0.25) is 16.5 Å². The number of rotatable bonds is 6. The van der Waals surface area contributed by atoms with Crippen LogP contribution in [0.1, 0.15) is 22.8 Å². The summed E-state index contributed by atoms with van der Waals surface area (Å²) < 4.78 is 11.2. The Morgan fingerprint density at radius 1 is 1.30 bits per heavy atom. The van der Waals surface area contributed by atoms with Gasteiger partial charge in [0.15, 0.2) is 0 Å². The number of nitrogens with two attached hydrogens (primary N) is 2. The van der Waals surface area contributed by atoms with Crippen molar-refractivity contribution in [1.82, 2.24) is 0 Å². The van der Waals surface area contributed by atoms with Gasteiger partial charge in [-0.25, -0.2) is 4.79 Å². The van der Waals surface area contributed by atoms with E-state index in [0.717, 1.165) is 11.1 Å². The Hall–Kier alpha value is -1.99. The molecule has 1 aromatic carbocycles. The zero-order valence-corrected chi connectivity index (χ0v) is 14.0.